The summed E-state index contributed by atoms with van der Waals surface area (Å²) in [6.07, 6.45) is -2.13. The van der Waals surface area contributed by atoms with Gasteiger partial charge in [0, 0.05) is 0 Å². The molecular formula is C12H14F3NO2. The second kappa shape index (κ2) is 5.48. The van der Waals surface area contributed by atoms with Crippen molar-refractivity contribution in [3.05, 3.63) is 24.3 Å². The SMILES string of the molecule is FC(F)(F)Oc1ccccc1O[C@H]1CCCCN1. The van der Waals surface area contributed by atoms with Crippen LogP contribution in [0.5, 0.6) is 11.5 Å². The maximum atomic E-state index is 12.2. The fraction of sp³-hybridized carbons (Fsp3) is 0.500. The summed E-state index contributed by atoms with van der Waals surface area (Å²) in [5.41, 5.74) is 0. The van der Waals surface area contributed by atoms with Crippen LogP contribution >= 0.6 is 0 Å². The molecule has 2 rings (SSSR count). The van der Waals surface area contributed by atoms with Crippen molar-refractivity contribution in [3.63, 3.8) is 0 Å². The Morgan fingerprint density at radius 3 is 2.44 bits per heavy atom. The van der Waals surface area contributed by atoms with E-state index in [0.717, 1.165) is 25.8 Å². The molecule has 1 aliphatic rings. The Morgan fingerprint density at radius 1 is 1.11 bits per heavy atom. The molecule has 0 bridgehead atoms. The largest absolute Gasteiger partial charge is 0.573 e. The van der Waals surface area contributed by atoms with Crippen molar-refractivity contribution in [2.75, 3.05) is 6.54 Å². The molecule has 1 aliphatic heterocycles. The van der Waals surface area contributed by atoms with E-state index in [4.69, 9.17) is 4.74 Å². The Bertz CT molecular complexity index is 389. The molecule has 0 aliphatic carbocycles. The van der Waals surface area contributed by atoms with E-state index >= 15 is 0 Å². The van der Waals surface area contributed by atoms with Gasteiger partial charge in [0.15, 0.2) is 11.5 Å². The lowest BCUT2D eigenvalue weighted by molar-refractivity contribution is -0.275. The molecule has 1 heterocycles. The first-order valence-corrected chi connectivity index (χ1v) is 5.79. The quantitative estimate of drug-likeness (QED) is 0.907. The Morgan fingerprint density at radius 2 is 1.83 bits per heavy atom. The van der Waals surface area contributed by atoms with Gasteiger partial charge in [0.25, 0.3) is 0 Å². The highest BCUT2D eigenvalue weighted by atomic mass is 19.4. The molecule has 0 saturated carbocycles. The predicted molar refractivity (Wildman–Crippen MR) is 59.4 cm³/mol. The van der Waals surface area contributed by atoms with Gasteiger partial charge in [-0.15, -0.1) is 13.2 Å². The van der Waals surface area contributed by atoms with Gasteiger partial charge in [-0.1, -0.05) is 12.1 Å². The van der Waals surface area contributed by atoms with Crippen LogP contribution in [0.4, 0.5) is 13.2 Å². The van der Waals surface area contributed by atoms with E-state index in [2.05, 4.69) is 10.1 Å². The third-order valence-corrected chi connectivity index (χ3v) is 2.61. The molecule has 6 heteroatoms. The van der Waals surface area contributed by atoms with E-state index in [0.29, 0.717) is 0 Å². The first-order chi connectivity index (χ1) is 8.54. The molecule has 1 aromatic carbocycles. The Balaban J connectivity index is 2.06. The molecule has 0 radical (unpaired) electrons. The first kappa shape index (κ1) is 13.0. The molecule has 1 aromatic rings. The van der Waals surface area contributed by atoms with Gasteiger partial charge in [-0.2, -0.15) is 0 Å². The second-order valence-electron chi connectivity index (χ2n) is 4.05. The van der Waals surface area contributed by atoms with Gasteiger partial charge in [0.2, 0.25) is 0 Å². The van der Waals surface area contributed by atoms with Gasteiger partial charge in [0.1, 0.15) is 6.23 Å². The highest BCUT2D eigenvalue weighted by Crippen LogP contribution is 2.32. The van der Waals surface area contributed by atoms with E-state index in [1.165, 1.54) is 18.2 Å². The summed E-state index contributed by atoms with van der Waals surface area (Å²) in [7, 11) is 0. The summed E-state index contributed by atoms with van der Waals surface area (Å²) in [5.74, 6) is -0.202. The van der Waals surface area contributed by atoms with Crippen LogP contribution in [0.2, 0.25) is 0 Å². The van der Waals surface area contributed by atoms with E-state index in [1.54, 1.807) is 6.07 Å². The van der Waals surface area contributed by atoms with Crippen molar-refractivity contribution in [1.29, 1.82) is 0 Å². The van der Waals surface area contributed by atoms with Crippen LogP contribution < -0.4 is 14.8 Å². The van der Waals surface area contributed by atoms with Gasteiger partial charge < -0.3 is 9.47 Å². The number of alkyl halides is 3. The van der Waals surface area contributed by atoms with Crippen LogP contribution in [0, 0.1) is 0 Å². The maximum absolute atomic E-state index is 12.2. The van der Waals surface area contributed by atoms with Crippen molar-refractivity contribution in [1.82, 2.24) is 5.32 Å². The molecule has 1 saturated heterocycles. The van der Waals surface area contributed by atoms with Crippen molar-refractivity contribution in [3.8, 4) is 11.5 Å². The number of ether oxygens (including phenoxy) is 2. The van der Waals surface area contributed by atoms with Crippen LogP contribution in [0.25, 0.3) is 0 Å². The third kappa shape index (κ3) is 3.80. The summed E-state index contributed by atoms with van der Waals surface area (Å²) >= 11 is 0. The third-order valence-electron chi connectivity index (χ3n) is 2.61. The maximum Gasteiger partial charge on any atom is 0.573 e. The Labute approximate surface area is 103 Å². The Hall–Kier alpha value is -1.43. The summed E-state index contributed by atoms with van der Waals surface area (Å²) in [4.78, 5) is 0. The minimum absolute atomic E-state index is 0.106. The zero-order chi connectivity index (χ0) is 13.0. The summed E-state index contributed by atoms with van der Waals surface area (Å²) in [6, 6.07) is 5.80. The van der Waals surface area contributed by atoms with Crippen molar-refractivity contribution in [2.45, 2.75) is 31.9 Å². The molecular weight excluding hydrogens is 247 g/mol. The van der Waals surface area contributed by atoms with Crippen molar-refractivity contribution in [2.24, 2.45) is 0 Å². The number of piperidine rings is 1. The average molecular weight is 261 g/mol. The first-order valence-electron chi connectivity index (χ1n) is 5.79. The lowest BCUT2D eigenvalue weighted by Gasteiger charge is -2.25. The van der Waals surface area contributed by atoms with Gasteiger partial charge >= 0.3 is 6.36 Å². The minimum Gasteiger partial charge on any atom is -0.471 e. The van der Waals surface area contributed by atoms with Crippen LogP contribution in [0.15, 0.2) is 24.3 Å². The van der Waals surface area contributed by atoms with Gasteiger partial charge in [-0.3, -0.25) is 5.32 Å². The number of nitrogens with one attached hydrogen (secondary N) is 1. The topological polar surface area (TPSA) is 30.5 Å². The number of para-hydroxylation sites is 2. The number of hydrogen-bond acceptors (Lipinski definition) is 3. The number of rotatable bonds is 3. The van der Waals surface area contributed by atoms with Crippen LogP contribution in [-0.2, 0) is 0 Å². The summed E-state index contributed by atoms with van der Waals surface area (Å²) in [5, 5.41) is 3.10. The molecule has 1 fully saturated rings. The predicted octanol–water partition coefficient (Wildman–Crippen LogP) is 3.06. The fourth-order valence-corrected chi connectivity index (χ4v) is 1.83. The molecule has 3 nitrogen and oxygen atoms in total. The lowest BCUT2D eigenvalue weighted by atomic mass is 10.1. The van der Waals surface area contributed by atoms with E-state index in [9.17, 15) is 13.2 Å². The molecule has 100 valence electrons. The standard InChI is InChI=1S/C12H14F3NO2/c13-12(14,15)18-10-6-2-1-5-9(10)17-11-7-3-4-8-16-11/h1-2,5-6,11,16H,3-4,7-8H2/t11-/m0/s1. The summed E-state index contributed by atoms with van der Waals surface area (Å²) in [6.45, 7) is 0.812. The molecule has 1 atom stereocenters. The zero-order valence-corrected chi connectivity index (χ0v) is 9.67. The minimum atomic E-state index is -4.71. The van der Waals surface area contributed by atoms with Gasteiger partial charge in [0.05, 0.1) is 0 Å². The Kier molecular flexibility index (Phi) is 3.96. The van der Waals surface area contributed by atoms with Crippen LogP contribution in [0.3, 0.4) is 0 Å². The van der Waals surface area contributed by atoms with E-state index < -0.39 is 6.36 Å². The molecule has 0 spiro atoms. The van der Waals surface area contributed by atoms with Gasteiger partial charge in [-0.05, 0) is 37.9 Å². The smallest absolute Gasteiger partial charge is 0.471 e. The number of hydrogen-bond donors (Lipinski definition) is 1. The number of benzene rings is 1. The lowest BCUT2D eigenvalue weighted by Crippen LogP contribution is -2.38. The zero-order valence-electron chi connectivity index (χ0n) is 9.67. The normalized spacial score (nSPS) is 20.5. The molecule has 0 amide bonds. The molecule has 0 aromatic heterocycles. The fourth-order valence-electron chi connectivity index (χ4n) is 1.83. The second-order valence-corrected chi connectivity index (χ2v) is 4.05. The monoisotopic (exact) mass is 261 g/mol. The van der Waals surface area contributed by atoms with Gasteiger partial charge in [-0.25, -0.2) is 0 Å². The van der Waals surface area contributed by atoms with E-state index in [1.807, 2.05) is 0 Å². The van der Waals surface area contributed by atoms with Crippen LogP contribution in [-0.4, -0.2) is 19.1 Å². The van der Waals surface area contributed by atoms with Crippen molar-refractivity contribution >= 4 is 0 Å². The molecule has 18 heavy (non-hydrogen) atoms. The number of halogens is 3. The highest BCUT2D eigenvalue weighted by Gasteiger charge is 2.32. The highest BCUT2D eigenvalue weighted by molar-refractivity contribution is 5.39. The van der Waals surface area contributed by atoms with Crippen molar-refractivity contribution < 1.29 is 22.6 Å². The summed E-state index contributed by atoms with van der Waals surface area (Å²) < 4.78 is 46.0. The molecule has 0 unspecified atom stereocenters. The van der Waals surface area contributed by atoms with E-state index in [-0.39, 0.29) is 17.7 Å². The molecule has 1 N–H and O–H groups in total. The average Bonchev–Trinajstić information content (AvgIpc) is 2.31. The van der Waals surface area contributed by atoms with Crippen LogP contribution in [0.1, 0.15) is 19.3 Å².